The van der Waals surface area contributed by atoms with Crippen molar-refractivity contribution in [1.82, 2.24) is 4.90 Å². The Bertz CT molecular complexity index is 669. The number of nitrogens with zero attached hydrogens (tertiary/aromatic N) is 2. The lowest BCUT2D eigenvalue weighted by atomic mass is 10.2. The van der Waals surface area contributed by atoms with Gasteiger partial charge < -0.3 is 9.64 Å². The van der Waals surface area contributed by atoms with Crippen molar-refractivity contribution in [3.63, 3.8) is 0 Å². The van der Waals surface area contributed by atoms with Crippen molar-refractivity contribution in [3.8, 4) is 5.75 Å². The molecule has 0 radical (unpaired) electrons. The minimum atomic E-state index is -0.170. The number of thioether (sulfide) groups is 1. The molecule has 1 unspecified atom stereocenters. The molecule has 5 heteroatoms. The molecule has 0 N–H and O–H groups in total. The van der Waals surface area contributed by atoms with Gasteiger partial charge in [0.25, 0.3) is 0 Å². The monoisotopic (exact) mass is 374 g/mol. The summed E-state index contributed by atoms with van der Waals surface area (Å²) in [6, 6.07) is 15.1. The summed E-state index contributed by atoms with van der Waals surface area (Å²) in [5.41, 5.74) is 1.27. The predicted molar refractivity (Wildman–Crippen MR) is 108 cm³/mol. The molecule has 0 aliphatic carbocycles. The first-order valence-electron chi connectivity index (χ1n) is 9.17. The number of methoxy groups -OCH3 is 1. The Labute approximate surface area is 160 Å². The van der Waals surface area contributed by atoms with E-state index in [2.05, 4.69) is 28.9 Å². The zero-order valence-corrected chi connectivity index (χ0v) is 16.3. The molecule has 0 amide bonds. The Morgan fingerprint density at radius 1 is 1.00 bits per heavy atom. The average Bonchev–Trinajstić information content (AvgIpc) is 2.69. The quantitative estimate of drug-likeness (QED) is 0.662. The smallest absolute Gasteiger partial charge is 0.123 e. The molecule has 26 heavy (non-hydrogen) atoms. The molecule has 1 atom stereocenters. The van der Waals surface area contributed by atoms with Crippen LogP contribution in [-0.2, 0) is 0 Å². The third-order valence-corrected chi connectivity index (χ3v) is 6.00. The van der Waals surface area contributed by atoms with Crippen molar-refractivity contribution in [2.75, 3.05) is 44.7 Å². The zero-order chi connectivity index (χ0) is 18.4. The highest BCUT2D eigenvalue weighted by atomic mass is 32.2. The molecule has 3 nitrogen and oxygen atoms in total. The molecule has 1 aliphatic heterocycles. The highest BCUT2D eigenvalue weighted by molar-refractivity contribution is 7.99. The maximum Gasteiger partial charge on any atom is 0.123 e. The van der Waals surface area contributed by atoms with E-state index in [0.29, 0.717) is 5.25 Å². The number of anilines is 1. The first kappa shape index (κ1) is 19.1. The summed E-state index contributed by atoms with van der Waals surface area (Å²) >= 11 is 1.83. The van der Waals surface area contributed by atoms with Crippen molar-refractivity contribution >= 4 is 17.4 Å². The van der Waals surface area contributed by atoms with Crippen LogP contribution in [0.3, 0.4) is 0 Å². The first-order valence-corrected chi connectivity index (χ1v) is 10.1. The van der Waals surface area contributed by atoms with Crippen molar-refractivity contribution in [3.05, 3.63) is 54.3 Å². The summed E-state index contributed by atoms with van der Waals surface area (Å²) in [5, 5.41) is 0.528. The van der Waals surface area contributed by atoms with E-state index in [1.54, 1.807) is 7.11 Å². The lowest BCUT2D eigenvalue weighted by molar-refractivity contribution is 0.255. The van der Waals surface area contributed by atoms with Crippen molar-refractivity contribution in [2.45, 2.75) is 23.5 Å². The van der Waals surface area contributed by atoms with Crippen LogP contribution in [0, 0.1) is 5.82 Å². The summed E-state index contributed by atoms with van der Waals surface area (Å²) in [4.78, 5) is 6.12. The Kier molecular flexibility index (Phi) is 6.80. The molecule has 1 fully saturated rings. The maximum atomic E-state index is 13.0. The van der Waals surface area contributed by atoms with Gasteiger partial charge in [0.2, 0.25) is 0 Å². The van der Waals surface area contributed by atoms with Crippen molar-refractivity contribution in [2.24, 2.45) is 0 Å². The zero-order valence-electron chi connectivity index (χ0n) is 15.5. The van der Waals surface area contributed by atoms with Gasteiger partial charge in [-0.15, -0.1) is 11.8 Å². The second-order valence-corrected chi connectivity index (χ2v) is 8.21. The van der Waals surface area contributed by atoms with Gasteiger partial charge in [0.1, 0.15) is 11.6 Å². The minimum Gasteiger partial charge on any atom is -0.497 e. The van der Waals surface area contributed by atoms with E-state index in [1.165, 1.54) is 17.8 Å². The molecule has 3 rings (SSSR count). The summed E-state index contributed by atoms with van der Waals surface area (Å²) in [6.45, 7) is 7.69. The van der Waals surface area contributed by atoms with Crippen molar-refractivity contribution < 1.29 is 9.13 Å². The van der Waals surface area contributed by atoms with E-state index in [1.807, 2.05) is 36.0 Å². The second-order valence-electron chi connectivity index (χ2n) is 6.70. The van der Waals surface area contributed by atoms with E-state index >= 15 is 0 Å². The summed E-state index contributed by atoms with van der Waals surface area (Å²) in [6.07, 6.45) is 1.14. The lowest BCUT2D eigenvalue weighted by Gasteiger charge is -2.36. The molecular weight excluding hydrogens is 347 g/mol. The SMILES string of the molecule is COc1ccc(N2CCN(CCC(C)Sc3ccc(F)cc3)CC2)cc1. The van der Waals surface area contributed by atoms with Gasteiger partial charge in [-0.05, 0) is 61.5 Å². The number of rotatable bonds is 7. The largest absolute Gasteiger partial charge is 0.497 e. The van der Waals surface area contributed by atoms with Gasteiger partial charge in [0.15, 0.2) is 0 Å². The van der Waals surface area contributed by atoms with Gasteiger partial charge in [0, 0.05) is 42.0 Å². The molecule has 1 heterocycles. The van der Waals surface area contributed by atoms with Crippen LogP contribution in [0.2, 0.25) is 0 Å². The topological polar surface area (TPSA) is 15.7 Å². The fourth-order valence-electron chi connectivity index (χ4n) is 3.19. The summed E-state index contributed by atoms with van der Waals surface area (Å²) in [7, 11) is 1.70. The summed E-state index contributed by atoms with van der Waals surface area (Å²) in [5.74, 6) is 0.733. The Morgan fingerprint density at radius 2 is 1.65 bits per heavy atom. The van der Waals surface area contributed by atoms with Gasteiger partial charge in [-0.25, -0.2) is 4.39 Å². The standard InChI is InChI=1S/C21H27FN2OS/c1-17(26-21-9-3-18(22)4-10-21)11-12-23-13-15-24(16-14-23)19-5-7-20(25-2)8-6-19/h3-10,17H,11-16H2,1-2H3. The molecule has 1 saturated heterocycles. The average molecular weight is 375 g/mol. The maximum absolute atomic E-state index is 13.0. The number of piperazine rings is 1. The Morgan fingerprint density at radius 3 is 2.27 bits per heavy atom. The second kappa shape index (κ2) is 9.28. The van der Waals surface area contributed by atoms with E-state index in [0.717, 1.165) is 49.8 Å². The number of halogens is 1. The highest BCUT2D eigenvalue weighted by Gasteiger charge is 2.18. The molecule has 2 aromatic rings. The third kappa shape index (κ3) is 5.39. The Hall–Kier alpha value is -1.72. The van der Waals surface area contributed by atoms with Gasteiger partial charge in [0.05, 0.1) is 7.11 Å². The fourth-order valence-corrected chi connectivity index (χ4v) is 4.17. The van der Waals surface area contributed by atoms with Crippen LogP contribution in [0.25, 0.3) is 0 Å². The predicted octanol–water partition coefficient (Wildman–Crippen LogP) is 4.53. The van der Waals surface area contributed by atoms with Crippen LogP contribution in [0.15, 0.2) is 53.4 Å². The first-order chi connectivity index (χ1) is 12.6. The van der Waals surface area contributed by atoms with E-state index in [-0.39, 0.29) is 5.82 Å². The molecule has 0 bridgehead atoms. The van der Waals surface area contributed by atoms with Crippen LogP contribution in [0.5, 0.6) is 5.75 Å². The number of hydrogen-bond acceptors (Lipinski definition) is 4. The number of ether oxygens (including phenoxy) is 1. The van der Waals surface area contributed by atoms with Gasteiger partial charge in [-0.2, -0.15) is 0 Å². The van der Waals surface area contributed by atoms with Gasteiger partial charge >= 0.3 is 0 Å². The molecule has 1 aliphatic rings. The third-order valence-electron chi connectivity index (χ3n) is 4.81. The molecule has 0 saturated carbocycles. The van der Waals surface area contributed by atoms with E-state index < -0.39 is 0 Å². The minimum absolute atomic E-state index is 0.170. The van der Waals surface area contributed by atoms with Crippen molar-refractivity contribution in [1.29, 1.82) is 0 Å². The van der Waals surface area contributed by atoms with Crippen LogP contribution in [0.4, 0.5) is 10.1 Å². The van der Waals surface area contributed by atoms with Gasteiger partial charge in [-0.1, -0.05) is 6.92 Å². The van der Waals surface area contributed by atoms with E-state index in [9.17, 15) is 4.39 Å². The number of hydrogen-bond donors (Lipinski definition) is 0. The normalized spacial score (nSPS) is 16.5. The molecule has 140 valence electrons. The molecule has 2 aromatic carbocycles. The highest BCUT2D eigenvalue weighted by Crippen LogP contribution is 2.26. The van der Waals surface area contributed by atoms with Gasteiger partial charge in [-0.3, -0.25) is 4.90 Å². The van der Waals surface area contributed by atoms with Crippen LogP contribution in [0.1, 0.15) is 13.3 Å². The summed E-state index contributed by atoms with van der Waals surface area (Å²) < 4.78 is 18.2. The van der Waals surface area contributed by atoms with Crippen LogP contribution in [-0.4, -0.2) is 50.0 Å². The van der Waals surface area contributed by atoms with Crippen LogP contribution < -0.4 is 9.64 Å². The van der Waals surface area contributed by atoms with E-state index in [4.69, 9.17) is 4.74 Å². The fraction of sp³-hybridized carbons (Fsp3) is 0.429. The van der Waals surface area contributed by atoms with Crippen LogP contribution >= 0.6 is 11.8 Å². The molecule has 0 spiro atoms. The lowest BCUT2D eigenvalue weighted by Crippen LogP contribution is -2.46. The number of benzene rings is 2. The Balaban J connectivity index is 1.40. The molecular formula is C21H27FN2OS. The molecule has 0 aromatic heterocycles.